The van der Waals surface area contributed by atoms with Crippen LogP contribution in [0.4, 0.5) is 23.2 Å². The van der Waals surface area contributed by atoms with Gasteiger partial charge < -0.3 is 68.1 Å². The second-order valence-corrected chi connectivity index (χ2v) is 20.3. The molecule has 3 N–H and O–H groups in total. The fourth-order valence-corrected chi connectivity index (χ4v) is 8.97. The second-order valence-electron chi connectivity index (χ2n) is 20.3. The Labute approximate surface area is 497 Å². The lowest BCUT2D eigenvalue weighted by atomic mass is 10.0. The predicted octanol–water partition coefficient (Wildman–Crippen LogP) is 6.66. The minimum absolute atomic E-state index is 0.0164. The third-order valence-electron chi connectivity index (χ3n) is 13.2. The fourth-order valence-electron chi connectivity index (χ4n) is 8.97. The number of rotatable bonds is 45. The van der Waals surface area contributed by atoms with E-state index in [1.54, 1.807) is 12.1 Å². The van der Waals surface area contributed by atoms with Crippen molar-refractivity contribution in [2.24, 2.45) is 10.7 Å². The first-order valence-corrected chi connectivity index (χ1v) is 29.4. The van der Waals surface area contributed by atoms with E-state index in [1.807, 2.05) is 17.0 Å². The van der Waals surface area contributed by atoms with E-state index in [0.29, 0.717) is 148 Å². The van der Waals surface area contributed by atoms with E-state index >= 15 is 0 Å². The lowest BCUT2D eigenvalue weighted by Crippen LogP contribution is -2.47. The number of nitrogens with zero attached hydrogens (tertiary/aromatic N) is 4. The molecule has 2 aliphatic heterocycles. The molecule has 85 heavy (non-hydrogen) atoms. The Kier molecular flexibility index (Phi) is 34.4. The molecular weight excluding hydrogens is 1120 g/mol. The summed E-state index contributed by atoms with van der Waals surface area (Å²) < 4.78 is 113. The number of hydrogen-bond acceptors (Lipinski definition) is 18. The Morgan fingerprint density at radius 1 is 0.635 bits per heavy atom. The highest BCUT2D eigenvalue weighted by Crippen LogP contribution is 2.30. The van der Waals surface area contributed by atoms with E-state index in [9.17, 15) is 31.9 Å². The third-order valence-corrected chi connectivity index (χ3v) is 13.2. The highest BCUT2D eigenvalue weighted by molar-refractivity contribution is 6.06. The minimum Gasteiger partial charge on any atom is -0.420 e. The summed E-state index contributed by atoms with van der Waals surface area (Å²) >= 11 is 0. The van der Waals surface area contributed by atoms with Gasteiger partial charge in [0.05, 0.1) is 144 Å². The largest absolute Gasteiger partial charge is 0.420 e. The quantitative estimate of drug-likeness (QED) is 0.0199. The number of halogens is 4. The molecule has 5 rings (SSSR count). The van der Waals surface area contributed by atoms with Crippen molar-refractivity contribution in [2.75, 3.05) is 172 Å². The van der Waals surface area contributed by atoms with Gasteiger partial charge in [0.2, 0.25) is 23.3 Å². The zero-order valence-electron chi connectivity index (χ0n) is 49.7. The van der Waals surface area contributed by atoms with Crippen LogP contribution in [0.1, 0.15) is 79.4 Å². The molecule has 0 unspecified atom stereocenters. The van der Waals surface area contributed by atoms with Crippen LogP contribution in [-0.2, 0) is 70.0 Å². The molecule has 3 aromatic carbocycles. The molecule has 20 nitrogen and oxygen atoms in total. The van der Waals surface area contributed by atoms with E-state index in [1.165, 1.54) is 11.1 Å². The fraction of sp³-hybridized carbons (Fsp3) is 0.607. The van der Waals surface area contributed by atoms with Crippen molar-refractivity contribution in [2.45, 2.75) is 71.5 Å². The molecule has 474 valence electrons. The molecule has 1 fully saturated rings. The summed E-state index contributed by atoms with van der Waals surface area (Å²) in [5.41, 5.74) is 11.3. The number of carbonyl (C=O) groups is 3. The molecule has 0 radical (unpaired) electrons. The van der Waals surface area contributed by atoms with E-state index in [-0.39, 0.29) is 50.2 Å². The Morgan fingerprint density at radius 3 is 1.62 bits per heavy atom. The summed E-state index contributed by atoms with van der Waals surface area (Å²) in [7, 11) is 2.08. The summed E-state index contributed by atoms with van der Waals surface area (Å²) in [5.74, 6) is -9.31. The number of esters is 1. The lowest BCUT2D eigenvalue weighted by Gasteiger charge is -2.33. The average molecular weight is 1210 g/mol. The first-order chi connectivity index (χ1) is 41.3. The van der Waals surface area contributed by atoms with Crippen molar-refractivity contribution in [3.63, 3.8) is 0 Å². The van der Waals surface area contributed by atoms with Gasteiger partial charge >= 0.3 is 5.97 Å². The number of likely N-dealkylation sites (tertiary alicyclic amines) is 1. The molecule has 0 aromatic heterocycles. The average Bonchev–Trinajstić information content (AvgIpc) is 3.77. The van der Waals surface area contributed by atoms with E-state index in [2.05, 4.69) is 70.0 Å². The molecule has 24 heteroatoms. The van der Waals surface area contributed by atoms with E-state index in [0.717, 1.165) is 64.0 Å². The van der Waals surface area contributed by atoms with Gasteiger partial charge in [-0.05, 0) is 68.6 Å². The number of carbonyl (C=O) groups excluding carboxylic acids is 3. The first-order valence-electron chi connectivity index (χ1n) is 29.4. The maximum atomic E-state index is 13.6. The van der Waals surface area contributed by atoms with Gasteiger partial charge in [-0.1, -0.05) is 44.2 Å². The van der Waals surface area contributed by atoms with E-state index < -0.39 is 41.4 Å². The van der Waals surface area contributed by atoms with Crippen molar-refractivity contribution in [3.05, 3.63) is 99.6 Å². The van der Waals surface area contributed by atoms with Crippen LogP contribution in [0.2, 0.25) is 0 Å². The Hall–Kier alpha value is -5.48. The Bertz CT molecular complexity index is 2470. The number of piperidine rings is 1. The number of nitrogens with two attached hydrogens (primary N) is 1. The van der Waals surface area contributed by atoms with Crippen molar-refractivity contribution in [1.82, 2.24) is 20.0 Å². The predicted molar refractivity (Wildman–Crippen MR) is 311 cm³/mol. The lowest BCUT2D eigenvalue weighted by molar-refractivity contribution is -0.136. The molecule has 3 aromatic rings. The zero-order valence-corrected chi connectivity index (χ0v) is 49.7. The van der Waals surface area contributed by atoms with Crippen LogP contribution in [0, 0.1) is 23.3 Å². The molecule has 0 spiro atoms. The van der Waals surface area contributed by atoms with Crippen LogP contribution in [0.3, 0.4) is 0 Å². The summed E-state index contributed by atoms with van der Waals surface area (Å²) in [5, 5.41) is 3.26. The summed E-state index contributed by atoms with van der Waals surface area (Å²) in [6.07, 6.45) is 5.39. The summed E-state index contributed by atoms with van der Waals surface area (Å²) in [4.78, 5) is 49.8. The number of benzene rings is 3. The highest BCUT2D eigenvalue weighted by Gasteiger charge is 2.26. The molecular formula is C61H88F4N6O14. The van der Waals surface area contributed by atoms with E-state index in [4.69, 9.17) is 53.1 Å². The molecule has 1 atom stereocenters. The number of hydrogen-bond donors (Lipinski definition) is 2. The molecule has 2 aliphatic rings. The zero-order chi connectivity index (χ0) is 60.9. The van der Waals surface area contributed by atoms with Gasteiger partial charge in [-0.15, -0.1) is 0 Å². The normalized spacial score (nSPS) is 14.5. The first kappa shape index (κ1) is 70.3. The topological polar surface area (TPSA) is 213 Å². The number of aliphatic imine (C=N–C) groups is 1. The number of amides is 2. The number of ether oxygens (including phenoxy) is 11. The SMILES string of the molecule is CCCN(CCC)C(=O)C1=Cc2ccc(C(=O)N[C@@H]3CCCN(Cc4ccc(CN(C)CCOCCOCCOCCOCCOCCOCCOCCOCCOCCOCCC(=O)Oc5c(F)c(F)cc(F)c5F)cc4)C3)cc2N=C(N)C1. The number of likely N-dealkylation sites (N-methyl/N-ethyl adjacent to an activating group) is 1. The summed E-state index contributed by atoms with van der Waals surface area (Å²) in [6, 6.07) is 14.2. The van der Waals surface area contributed by atoms with Gasteiger partial charge in [-0.3, -0.25) is 24.2 Å². The summed E-state index contributed by atoms with van der Waals surface area (Å²) in [6.45, 7) is 17.2. The van der Waals surface area contributed by atoms with Gasteiger partial charge in [0.15, 0.2) is 11.6 Å². The monoisotopic (exact) mass is 1200 g/mol. The molecule has 1 saturated heterocycles. The van der Waals surface area contributed by atoms with Crippen molar-refractivity contribution in [3.8, 4) is 5.75 Å². The second kappa shape index (κ2) is 41.6. The maximum Gasteiger partial charge on any atom is 0.313 e. The highest BCUT2D eigenvalue weighted by atomic mass is 19.2. The van der Waals surface area contributed by atoms with Crippen LogP contribution < -0.4 is 15.8 Å². The smallest absolute Gasteiger partial charge is 0.313 e. The number of nitrogens with one attached hydrogen (secondary N) is 1. The van der Waals surface area contributed by atoms with Crippen LogP contribution in [0.25, 0.3) is 6.08 Å². The van der Waals surface area contributed by atoms with Crippen molar-refractivity contribution in [1.29, 1.82) is 0 Å². The van der Waals surface area contributed by atoms with Crippen molar-refractivity contribution < 1.29 is 84.1 Å². The van der Waals surface area contributed by atoms with Crippen LogP contribution in [0.5, 0.6) is 5.75 Å². The van der Waals surface area contributed by atoms with Gasteiger partial charge in [-0.25, -0.2) is 13.8 Å². The Balaban J connectivity index is 0.754. The third kappa shape index (κ3) is 27.8. The maximum absolute atomic E-state index is 13.6. The molecule has 2 heterocycles. The van der Waals surface area contributed by atoms with Crippen LogP contribution in [0.15, 0.2) is 59.1 Å². The minimum atomic E-state index is -1.80. The van der Waals surface area contributed by atoms with Gasteiger partial charge in [0.25, 0.3) is 5.91 Å². The van der Waals surface area contributed by atoms with Crippen LogP contribution in [-0.4, -0.2) is 216 Å². The van der Waals surface area contributed by atoms with Crippen molar-refractivity contribution >= 4 is 35.4 Å². The number of amidine groups is 1. The van der Waals surface area contributed by atoms with Gasteiger partial charge in [-0.2, -0.15) is 8.78 Å². The number of fused-ring (bicyclic) bond motifs is 1. The van der Waals surface area contributed by atoms with Crippen LogP contribution >= 0.6 is 0 Å². The molecule has 0 bridgehead atoms. The van der Waals surface area contributed by atoms with Gasteiger partial charge in [0.1, 0.15) is 5.84 Å². The Morgan fingerprint density at radius 2 is 1.12 bits per heavy atom. The molecule has 0 aliphatic carbocycles. The molecule has 2 amide bonds. The standard InChI is InChI=1S/C61H88F4N6O14/c1-4-15-71(16-5-2)61(74)50-39-48-12-13-49(40-54(48)68-55(66)41-50)60(73)67-51-7-6-17-70(45-51)44-47-10-8-46(9-11-47)43-69(3)18-20-76-22-24-78-26-28-80-30-32-82-34-36-84-38-37-83-35-33-81-31-29-79-27-25-77-23-21-75-19-14-56(72)85-59-57(64)52(62)42-53(63)58(59)65/h8-13,39-40,42,51H,4-7,14-38,41,43-45H2,1-3H3,(H2,66,68)(H,67,73)/t51-/m1/s1. The molecule has 0 saturated carbocycles. The van der Waals surface area contributed by atoms with Gasteiger partial charge in [0, 0.05) is 74.5 Å².